The summed E-state index contributed by atoms with van der Waals surface area (Å²) in [5.41, 5.74) is 0.997. The van der Waals surface area contributed by atoms with Gasteiger partial charge in [0, 0.05) is 38.1 Å². The Kier molecular flexibility index (Phi) is 5.35. The van der Waals surface area contributed by atoms with E-state index >= 15 is 0 Å². The van der Waals surface area contributed by atoms with Gasteiger partial charge in [0.25, 0.3) is 0 Å². The number of amidine groups is 1. The Labute approximate surface area is 101 Å². The summed E-state index contributed by atoms with van der Waals surface area (Å²) in [4.78, 5) is 20.9. The van der Waals surface area contributed by atoms with E-state index in [1.165, 1.54) is 7.11 Å². The lowest BCUT2D eigenvalue weighted by Gasteiger charge is -2.29. The standard InChI is InChI=1S/C11H18N4O2/c1-9(15-6-4-13-5-7-15)8-14-10(12-2)11(16)17-3/h8,13H,2,4-7H2,1,3H3/b9-8+,14-10?. The summed E-state index contributed by atoms with van der Waals surface area (Å²) >= 11 is 0. The molecule has 94 valence electrons. The number of allylic oxidation sites excluding steroid dienone is 1. The van der Waals surface area contributed by atoms with Crippen LogP contribution < -0.4 is 5.32 Å². The van der Waals surface area contributed by atoms with Crippen molar-refractivity contribution in [2.45, 2.75) is 6.92 Å². The van der Waals surface area contributed by atoms with Crippen LogP contribution in [0.15, 0.2) is 21.9 Å². The zero-order valence-corrected chi connectivity index (χ0v) is 10.3. The van der Waals surface area contributed by atoms with Gasteiger partial charge in [-0.25, -0.2) is 14.8 Å². The van der Waals surface area contributed by atoms with Crippen molar-refractivity contribution in [1.82, 2.24) is 10.2 Å². The number of ether oxygens (including phenoxy) is 1. The van der Waals surface area contributed by atoms with Gasteiger partial charge < -0.3 is 15.0 Å². The van der Waals surface area contributed by atoms with Gasteiger partial charge in [0.2, 0.25) is 5.84 Å². The molecule has 0 spiro atoms. The third-order valence-corrected chi connectivity index (χ3v) is 2.51. The van der Waals surface area contributed by atoms with Gasteiger partial charge in [0.05, 0.1) is 7.11 Å². The topological polar surface area (TPSA) is 66.3 Å². The van der Waals surface area contributed by atoms with Crippen molar-refractivity contribution in [2.75, 3.05) is 33.3 Å². The lowest BCUT2D eigenvalue weighted by Crippen LogP contribution is -2.42. The highest BCUT2D eigenvalue weighted by atomic mass is 16.5. The van der Waals surface area contributed by atoms with Crippen LogP contribution in [0.1, 0.15) is 6.92 Å². The highest BCUT2D eigenvalue weighted by Gasteiger charge is 2.10. The third-order valence-electron chi connectivity index (χ3n) is 2.51. The van der Waals surface area contributed by atoms with Crippen molar-refractivity contribution in [2.24, 2.45) is 9.98 Å². The smallest absolute Gasteiger partial charge is 0.376 e. The van der Waals surface area contributed by atoms with Gasteiger partial charge in [-0.3, -0.25) is 0 Å². The molecule has 1 saturated heterocycles. The molecule has 0 aliphatic carbocycles. The molecule has 0 amide bonds. The van der Waals surface area contributed by atoms with E-state index < -0.39 is 5.97 Å². The summed E-state index contributed by atoms with van der Waals surface area (Å²) in [5, 5.41) is 3.27. The van der Waals surface area contributed by atoms with Crippen LogP contribution in [-0.4, -0.2) is 56.7 Å². The monoisotopic (exact) mass is 238 g/mol. The van der Waals surface area contributed by atoms with Gasteiger partial charge in [-0.1, -0.05) is 0 Å². The third kappa shape index (κ3) is 3.99. The second kappa shape index (κ2) is 6.80. The van der Waals surface area contributed by atoms with E-state index in [0.29, 0.717) is 0 Å². The SMILES string of the molecule is C=NC(=N/C=C(\C)N1CCNCC1)C(=O)OC. The molecule has 0 saturated carbocycles. The minimum Gasteiger partial charge on any atom is -0.463 e. The first-order chi connectivity index (χ1) is 8.19. The number of piperazine rings is 1. The van der Waals surface area contributed by atoms with Crippen LogP contribution in [0.2, 0.25) is 0 Å². The number of carbonyl (C=O) groups is 1. The maximum atomic E-state index is 11.2. The van der Waals surface area contributed by atoms with Crippen LogP contribution >= 0.6 is 0 Å². The van der Waals surface area contributed by atoms with Crippen LogP contribution in [-0.2, 0) is 9.53 Å². The van der Waals surface area contributed by atoms with Gasteiger partial charge in [-0.05, 0) is 13.6 Å². The van der Waals surface area contributed by atoms with Crippen molar-refractivity contribution in [1.29, 1.82) is 0 Å². The number of hydrogen-bond donors (Lipinski definition) is 1. The summed E-state index contributed by atoms with van der Waals surface area (Å²) in [5.74, 6) is -0.605. The fourth-order valence-corrected chi connectivity index (χ4v) is 1.50. The van der Waals surface area contributed by atoms with E-state index in [4.69, 9.17) is 0 Å². The number of methoxy groups -OCH3 is 1. The Hall–Kier alpha value is -1.69. The predicted molar refractivity (Wildman–Crippen MR) is 67.2 cm³/mol. The number of hydrogen-bond acceptors (Lipinski definition) is 5. The van der Waals surface area contributed by atoms with E-state index in [9.17, 15) is 4.79 Å². The first-order valence-electron chi connectivity index (χ1n) is 5.44. The second-order valence-electron chi connectivity index (χ2n) is 3.61. The van der Waals surface area contributed by atoms with Crippen LogP contribution in [0.4, 0.5) is 0 Å². The highest BCUT2D eigenvalue weighted by molar-refractivity contribution is 6.36. The lowest BCUT2D eigenvalue weighted by molar-refractivity contribution is -0.132. The van der Waals surface area contributed by atoms with Crippen LogP contribution in [0.25, 0.3) is 0 Å². The maximum absolute atomic E-state index is 11.2. The lowest BCUT2D eigenvalue weighted by atomic mass is 10.3. The number of nitrogens with one attached hydrogen (secondary N) is 1. The molecule has 0 aromatic rings. The summed E-state index contributed by atoms with van der Waals surface area (Å²) in [6.45, 7) is 9.03. The zero-order valence-electron chi connectivity index (χ0n) is 10.3. The quantitative estimate of drug-likeness (QED) is 0.418. The molecular weight excluding hydrogens is 220 g/mol. The van der Waals surface area contributed by atoms with Crippen molar-refractivity contribution >= 4 is 18.5 Å². The predicted octanol–water partition coefficient (Wildman–Crippen LogP) is 0.0250. The van der Waals surface area contributed by atoms with E-state index in [-0.39, 0.29) is 5.84 Å². The molecule has 1 heterocycles. The van der Waals surface area contributed by atoms with Crippen molar-refractivity contribution in [3.8, 4) is 0 Å². The normalized spacial score (nSPS) is 17.9. The Morgan fingerprint density at radius 3 is 2.65 bits per heavy atom. The van der Waals surface area contributed by atoms with Crippen LogP contribution in [0.3, 0.4) is 0 Å². The fraction of sp³-hybridized carbons (Fsp3) is 0.545. The number of aliphatic imine (C=N–C) groups is 2. The van der Waals surface area contributed by atoms with Crippen molar-refractivity contribution in [3.05, 3.63) is 11.9 Å². The molecule has 1 fully saturated rings. The minimum absolute atomic E-state index is 0.0259. The summed E-state index contributed by atoms with van der Waals surface area (Å²) in [7, 11) is 1.29. The molecule has 1 aliphatic rings. The Bertz CT molecular complexity index is 343. The number of nitrogens with zero attached hydrogens (tertiary/aromatic N) is 3. The molecular formula is C11H18N4O2. The first-order valence-corrected chi connectivity index (χ1v) is 5.44. The zero-order chi connectivity index (χ0) is 12.7. The van der Waals surface area contributed by atoms with E-state index in [1.54, 1.807) is 6.20 Å². The number of rotatable bonds is 2. The van der Waals surface area contributed by atoms with Gasteiger partial charge >= 0.3 is 5.97 Å². The van der Waals surface area contributed by atoms with Gasteiger partial charge in [0.15, 0.2) is 0 Å². The van der Waals surface area contributed by atoms with Crippen LogP contribution in [0.5, 0.6) is 0 Å². The van der Waals surface area contributed by atoms with E-state index in [0.717, 1.165) is 31.9 Å². The maximum Gasteiger partial charge on any atom is 0.376 e. The molecule has 0 aromatic carbocycles. The van der Waals surface area contributed by atoms with E-state index in [2.05, 4.69) is 31.7 Å². The highest BCUT2D eigenvalue weighted by Crippen LogP contribution is 2.05. The summed E-state index contributed by atoms with van der Waals surface area (Å²) < 4.78 is 4.52. The van der Waals surface area contributed by atoms with E-state index in [1.807, 2.05) is 6.92 Å². The summed E-state index contributed by atoms with van der Waals surface area (Å²) in [6, 6.07) is 0. The molecule has 1 aliphatic heterocycles. The van der Waals surface area contributed by atoms with Crippen molar-refractivity contribution in [3.63, 3.8) is 0 Å². The van der Waals surface area contributed by atoms with Crippen LogP contribution in [0, 0.1) is 0 Å². The Morgan fingerprint density at radius 2 is 2.12 bits per heavy atom. The molecule has 0 bridgehead atoms. The molecule has 0 atom stereocenters. The minimum atomic E-state index is -0.579. The molecule has 6 nitrogen and oxygen atoms in total. The number of esters is 1. The molecule has 6 heteroatoms. The molecule has 1 rings (SSSR count). The van der Waals surface area contributed by atoms with Gasteiger partial charge in [-0.2, -0.15) is 0 Å². The molecule has 0 aromatic heterocycles. The Balaban J connectivity index is 2.69. The first kappa shape index (κ1) is 13.4. The molecule has 0 radical (unpaired) electrons. The molecule has 1 N–H and O–H groups in total. The number of carbonyl (C=O) groups excluding carboxylic acids is 1. The average molecular weight is 238 g/mol. The molecule has 0 unspecified atom stereocenters. The largest absolute Gasteiger partial charge is 0.463 e. The van der Waals surface area contributed by atoms with Gasteiger partial charge in [0.1, 0.15) is 0 Å². The fourth-order valence-electron chi connectivity index (χ4n) is 1.50. The second-order valence-corrected chi connectivity index (χ2v) is 3.61. The molecule has 17 heavy (non-hydrogen) atoms. The average Bonchev–Trinajstić information content (AvgIpc) is 2.39. The summed E-state index contributed by atoms with van der Waals surface area (Å²) in [6.07, 6.45) is 1.62. The Morgan fingerprint density at radius 1 is 1.47 bits per heavy atom. The van der Waals surface area contributed by atoms with Crippen molar-refractivity contribution < 1.29 is 9.53 Å². The van der Waals surface area contributed by atoms with Gasteiger partial charge in [-0.15, -0.1) is 0 Å².